The Morgan fingerprint density at radius 1 is 0.875 bits per heavy atom. The van der Waals surface area contributed by atoms with E-state index >= 15 is 0 Å². The minimum absolute atomic E-state index is 0.0531. The van der Waals surface area contributed by atoms with Gasteiger partial charge in [-0.2, -0.15) is 0 Å². The standard InChI is InChI=1S/C16H10N2O3S.C10H10BrNO4.C8H7NS/c19-16-14-7-13(18(20)21)4-2-11(14)9-17(16)12-3-1-10-5-6-22-15(10)8-12;1-2-16-10(13)9-5-8(12(14)15)4-3-7(9)6-11;9-7-2-1-6-3-4-10-8(6)5-7/h1-8H,9H2;3-5H,2,6H2,1H3;1-5H,9H2. The topological polar surface area (TPSA) is 159 Å². The largest absolute Gasteiger partial charge is 0.462 e. The van der Waals surface area contributed by atoms with E-state index in [1.165, 1.54) is 34.4 Å². The van der Waals surface area contributed by atoms with Crippen LogP contribution in [0.3, 0.4) is 0 Å². The average molecular weight is 748 g/mol. The molecule has 0 unspecified atom stereocenters. The van der Waals surface area contributed by atoms with Crippen molar-refractivity contribution in [3.05, 3.63) is 138 Å². The molecule has 0 spiro atoms. The number of benzene rings is 4. The summed E-state index contributed by atoms with van der Waals surface area (Å²) in [4.78, 5) is 46.2. The first-order chi connectivity index (χ1) is 23.1. The third-order valence-corrected chi connectivity index (χ3v) is 9.65. The maximum atomic E-state index is 12.6. The molecule has 244 valence electrons. The average Bonchev–Trinajstić information content (AvgIpc) is 3.83. The van der Waals surface area contributed by atoms with Gasteiger partial charge in [-0.3, -0.25) is 25.0 Å². The molecule has 7 rings (SSSR count). The molecule has 6 aromatic rings. The van der Waals surface area contributed by atoms with Gasteiger partial charge in [-0.1, -0.05) is 34.1 Å². The molecule has 0 fully saturated rings. The van der Waals surface area contributed by atoms with Crippen molar-refractivity contribution < 1.29 is 24.2 Å². The first kappa shape index (κ1) is 34.2. The number of nitrogens with two attached hydrogens (primary N) is 1. The molecule has 2 aromatic heterocycles. The minimum atomic E-state index is -0.541. The number of nitro groups is 2. The number of amides is 1. The number of non-ortho nitro benzene ring substituents is 2. The third-order valence-electron chi connectivity index (χ3n) is 7.28. The van der Waals surface area contributed by atoms with E-state index in [1.54, 1.807) is 46.6 Å². The van der Waals surface area contributed by atoms with Gasteiger partial charge in [0, 0.05) is 50.4 Å². The number of esters is 1. The van der Waals surface area contributed by atoms with Crippen LogP contribution in [0.25, 0.3) is 20.2 Å². The van der Waals surface area contributed by atoms with Crippen molar-refractivity contribution in [1.82, 2.24) is 0 Å². The highest BCUT2D eigenvalue weighted by Crippen LogP contribution is 2.33. The lowest BCUT2D eigenvalue weighted by Crippen LogP contribution is -2.22. The summed E-state index contributed by atoms with van der Waals surface area (Å²) in [5, 5.41) is 28.4. The number of halogens is 1. The van der Waals surface area contributed by atoms with E-state index in [-0.39, 0.29) is 29.5 Å². The number of hydrogen-bond acceptors (Lipinski definition) is 10. The van der Waals surface area contributed by atoms with E-state index in [4.69, 9.17) is 10.5 Å². The molecule has 48 heavy (non-hydrogen) atoms. The highest BCUT2D eigenvalue weighted by molar-refractivity contribution is 9.08. The van der Waals surface area contributed by atoms with Crippen LogP contribution in [-0.2, 0) is 16.6 Å². The maximum Gasteiger partial charge on any atom is 0.338 e. The zero-order chi connectivity index (χ0) is 34.4. The van der Waals surface area contributed by atoms with Crippen LogP contribution in [0.4, 0.5) is 22.7 Å². The third kappa shape index (κ3) is 7.68. The van der Waals surface area contributed by atoms with Crippen LogP contribution in [-0.4, -0.2) is 28.3 Å². The Bertz CT molecular complexity index is 2160. The molecule has 1 amide bonds. The van der Waals surface area contributed by atoms with Gasteiger partial charge in [0.15, 0.2) is 0 Å². The molecular formula is C34H27BrN4O7S2. The molecule has 11 nitrogen and oxygen atoms in total. The molecular weight excluding hydrogens is 720 g/mol. The first-order valence-corrected chi connectivity index (χ1v) is 17.3. The van der Waals surface area contributed by atoms with Crippen LogP contribution in [0.2, 0.25) is 0 Å². The predicted molar refractivity (Wildman–Crippen MR) is 193 cm³/mol. The number of ether oxygens (including phenoxy) is 1. The number of nitrogen functional groups attached to an aromatic ring is 1. The van der Waals surface area contributed by atoms with Gasteiger partial charge >= 0.3 is 5.97 Å². The predicted octanol–water partition coefficient (Wildman–Crippen LogP) is 9.12. The number of carbonyl (C=O) groups is 2. The maximum absolute atomic E-state index is 12.6. The highest BCUT2D eigenvalue weighted by atomic mass is 79.9. The van der Waals surface area contributed by atoms with Crippen LogP contribution >= 0.6 is 38.6 Å². The number of nitro benzene ring substituents is 2. The lowest BCUT2D eigenvalue weighted by molar-refractivity contribution is -0.385. The van der Waals surface area contributed by atoms with Crippen molar-refractivity contribution >= 4 is 93.4 Å². The Kier molecular flexibility index (Phi) is 10.8. The zero-order valence-corrected chi connectivity index (χ0v) is 28.5. The summed E-state index contributed by atoms with van der Waals surface area (Å²) in [7, 11) is 0. The number of alkyl halides is 1. The van der Waals surface area contributed by atoms with Crippen molar-refractivity contribution in [3.63, 3.8) is 0 Å². The Morgan fingerprint density at radius 3 is 2.15 bits per heavy atom. The summed E-state index contributed by atoms with van der Waals surface area (Å²) in [6, 6.07) is 24.6. The number of anilines is 2. The second-order valence-electron chi connectivity index (χ2n) is 10.3. The number of carbonyl (C=O) groups excluding carboxylic acids is 2. The molecule has 0 saturated heterocycles. The van der Waals surface area contributed by atoms with Crippen LogP contribution < -0.4 is 10.6 Å². The van der Waals surface area contributed by atoms with E-state index in [0.29, 0.717) is 23.0 Å². The SMILES string of the molecule is CCOC(=O)c1cc([N+](=O)[O-])ccc1CBr.Nc1ccc2ccsc2c1.O=C1c2cc([N+](=O)[O-])ccc2CN1c1ccc2ccsc2c1. The second kappa shape index (κ2) is 15.2. The second-order valence-corrected chi connectivity index (χ2v) is 12.8. The van der Waals surface area contributed by atoms with Crippen LogP contribution in [0.5, 0.6) is 0 Å². The summed E-state index contributed by atoms with van der Waals surface area (Å²) in [5.41, 5.74) is 9.22. The minimum Gasteiger partial charge on any atom is -0.462 e. The summed E-state index contributed by atoms with van der Waals surface area (Å²) >= 11 is 6.56. The molecule has 0 radical (unpaired) electrons. The molecule has 14 heteroatoms. The highest BCUT2D eigenvalue weighted by Gasteiger charge is 2.30. The molecule has 2 N–H and O–H groups in total. The number of thiophene rings is 2. The molecule has 1 aliphatic heterocycles. The van der Waals surface area contributed by atoms with Gasteiger partial charge in [-0.05, 0) is 82.0 Å². The van der Waals surface area contributed by atoms with Crippen molar-refractivity contribution in [3.8, 4) is 0 Å². The Balaban J connectivity index is 0.000000152. The normalized spacial score (nSPS) is 11.7. The Morgan fingerprint density at radius 2 is 1.50 bits per heavy atom. The van der Waals surface area contributed by atoms with Gasteiger partial charge in [0.05, 0.1) is 34.1 Å². The summed E-state index contributed by atoms with van der Waals surface area (Å²) in [6.07, 6.45) is 0. The van der Waals surface area contributed by atoms with Crippen molar-refractivity contribution in [2.45, 2.75) is 18.8 Å². The monoisotopic (exact) mass is 746 g/mol. The molecule has 1 aliphatic rings. The van der Waals surface area contributed by atoms with Gasteiger partial charge in [-0.25, -0.2) is 4.79 Å². The first-order valence-electron chi connectivity index (χ1n) is 14.4. The van der Waals surface area contributed by atoms with Gasteiger partial charge in [0.2, 0.25) is 0 Å². The smallest absolute Gasteiger partial charge is 0.338 e. The summed E-state index contributed by atoms with van der Waals surface area (Å²) in [6.45, 7) is 2.37. The molecule has 0 bridgehead atoms. The number of fused-ring (bicyclic) bond motifs is 3. The zero-order valence-electron chi connectivity index (χ0n) is 25.3. The fraction of sp³-hybridized carbons (Fsp3) is 0.118. The molecule has 4 aromatic carbocycles. The van der Waals surface area contributed by atoms with Crippen molar-refractivity contribution in [2.24, 2.45) is 0 Å². The van der Waals surface area contributed by atoms with E-state index in [0.717, 1.165) is 27.0 Å². The molecule has 0 atom stereocenters. The lowest BCUT2D eigenvalue weighted by Gasteiger charge is -2.15. The van der Waals surface area contributed by atoms with E-state index < -0.39 is 15.8 Å². The fourth-order valence-corrected chi connectivity index (χ4v) is 7.04. The van der Waals surface area contributed by atoms with Gasteiger partial charge in [0.1, 0.15) is 0 Å². The fourth-order valence-electron chi connectivity index (χ4n) is 4.89. The number of nitrogens with zero attached hydrogens (tertiary/aromatic N) is 3. The van der Waals surface area contributed by atoms with Gasteiger partial charge in [-0.15, -0.1) is 22.7 Å². The molecule has 0 saturated carbocycles. The molecule has 3 heterocycles. The molecule has 0 aliphatic carbocycles. The van der Waals surface area contributed by atoms with E-state index in [9.17, 15) is 29.8 Å². The number of hydrogen-bond donors (Lipinski definition) is 1. The van der Waals surface area contributed by atoms with Crippen molar-refractivity contribution in [1.29, 1.82) is 0 Å². The summed E-state index contributed by atoms with van der Waals surface area (Å²) < 4.78 is 7.20. The van der Waals surface area contributed by atoms with Crippen LogP contribution in [0.1, 0.15) is 38.8 Å². The van der Waals surface area contributed by atoms with Gasteiger partial charge < -0.3 is 15.4 Å². The van der Waals surface area contributed by atoms with Crippen molar-refractivity contribution in [2.75, 3.05) is 17.2 Å². The lowest BCUT2D eigenvalue weighted by atomic mass is 10.1. The van der Waals surface area contributed by atoms with E-state index in [2.05, 4.69) is 27.4 Å². The Labute approximate surface area is 290 Å². The van der Waals surface area contributed by atoms with E-state index in [1.807, 2.05) is 47.8 Å². The van der Waals surface area contributed by atoms with Crippen LogP contribution in [0.15, 0.2) is 95.7 Å². The Hall–Kier alpha value is -5.18. The van der Waals surface area contributed by atoms with Crippen LogP contribution in [0, 0.1) is 20.2 Å². The summed E-state index contributed by atoms with van der Waals surface area (Å²) in [5.74, 6) is -0.727. The van der Waals surface area contributed by atoms with Gasteiger partial charge in [0.25, 0.3) is 17.3 Å². The quantitative estimate of drug-likeness (QED) is 0.0581. The number of rotatable bonds is 6.